The molecule has 2 aliphatic rings. The van der Waals surface area contributed by atoms with E-state index >= 15 is 0 Å². The van der Waals surface area contributed by atoms with Gasteiger partial charge in [0, 0.05) is 5.54 Å². The van der Waals surface area contributed by atoms with Crippen molar-refractivity contribution >= 4 is 0 Å². The van der Waals surface area contributed by atoms with Gasteiger partial charge in [-0.15, -0.1) is 0 Å². The van der Waals surface area contributed by atoms with Crippen molar-refractivity contribution in [2.45, 2.75) is 64.3 Å². The fourth-order valence-corrected chi connectivity index (χ4v) is 3.80. The van der Waals surface area contributed by atoms with Crippen LogP contribution in [0.2, 0.25) is 0 Å². The quantitative estimate of drug-likeness (QED) is 0.653. The van der Waals surface area contributed by atoms with Crippen LogP contribution in [0.25, 0.3) is 0 Å². The lowest BCUT2D eigenvalue weighted by Crippen LogP contribution is -2.53. The predicted molar refractivity (Wildman–Crippen MR) is 65.6 cm³/mol. The molecule has 0 aromatic carbocycles. The maximum Gasteiger partial charge on any atom is 0.0159 e. The van der Waals surface area contributed by atoms with Gasteiger partial charge in [-0.3, -0.25) is 0 Å². The van der Waals surface area contributed by atoms with Crippen LogP contribution in [-0.4, -0.2) is 5.54 Å². The Morgan fingerprint density at radius 2 is 1.93 bits per heavy atom. The molecule has 3 unspecified atom stereocenters. The highest BCUT2D eigenvalue weighted by atomic mass is 14.8. The molecule has 1 nitrogen and oxygen atoms in total. The van der Waals surface area contributed by atoms with Gasteiger partial charge in [-0.05, 0) is 50.4 Å². The molecule has 1 fully saturated rings. The number of nitrogens with two attached hydrogens (primary N) is 1. The summed E-state index contributed by atoms with van der Waals surface area (Å²) in [5.41, 5.74) is 7.07. The molecule has 0 spiro atoms. The van der Waals surface area contributed by atoms with Crippen LogP contribution in [0.4, 0.5) is 0 Å². The molecule has 0 aromatic rings. The molecule has 1 saturated carbocycles. The summed E-state index contributed by atoms with van der Waals surface area (Å²) in [6.07, 6.45) is 13.8. The number of hydrogen-bond acceptors (Lipinski definition) is 1. The van der Waals surface area contributed by atoms with Crippen molar-refractivity contribution in [1.82, 2.24) is 0 Å². The van der Waals surface area contributed by atoms with E-state index in [0.717, 1.165) is 5.92 Å². The monoisotopic (exact) mass is 207 g/mol. The van der Waals surface area contributed by atoms with Crippen LogP contribution in [0.1, 0.15) is 58.8 Å². The van der Waals surface area contributed by atoms with E-state index in [1.165, 1.54) is 44.9 Å². The summed E-state index contributed by atoms with van der Waals surface area (Å²) in [6.45, 7) is 4.73. The molecule has 2 N–H and O–H groups in total. The van der Waals surface area contributed by atoms with Gasteiger partial charge in [0.05, 0.1) is 0 Å². The van der Waals surface area contributed by atoms with Crippen molar-refractivity contribution in [3.63, 3.8) is 0 Å². The van der Waals surface area contributed by atoms with Crippen LogP contribution in [0, 0.1) is 11.3 Å². The standard InChI is InChI=1S/C14H25N/c1-13(9-5-3-6-10-13)12-8-4-7-11-14(12,2)15/h3,5,12H,4,6-11,15H2,1-2H3. The Balaban J connectivity index is 2.16. The van der Waals surface area contributed by atoms with Gasteiger partial charge in [-0.25, -0.2) is 0 Å². The highest BCUT2D eigenvalue weighted by molar-refractivity contribution is 5.05. The van der Waals surface area contributed by atoms with Crippen LogP contribution in [0.15, 0.2) is 12.2 Å². The van der Waals surface area contributed by atoms with Crippen molar-refractivity contribution in [3.8, 4) is 0 Å². The van der Waals surface area contributed by atoms with E-state index in [0.29, 0.717) is 5.41 Å². The van der Waals surface area contributed by atoms with E-state index < -0.39 is 0 Å². The average Bonchev–Trinajstić information content (AvgIpc) is 2.17. The minimum atomic E-state index is 0.0815. The molecule has 86 valence electrons. The molecule has 1 heteroatoms. The van der Waals surface area contributed by atoms with Gasteiger partial charge in [0.25, 0.3) is 0 Å². The van der Waals surface area contributed by atoms with E-state index in [1.54, 1.807) is 0 Å². The lowest BCUT2D eigenvalue weighted by molar-refractivity contribution is 0.0550. The first-order valence-corrected chi connectivity index (χ1v) is 6.48. The van der Waals surface area contributed by atoms with E-state index in [9.17, 15) is 0 Å². The largest absolute Gasteiger partial charge is 0.325 e. The molecule has 0 amide bonds. The first-order valence-electron chi connectivity index (χ1n) is 6.48. The fraction of sp³-hybridized carbons (Fsp3) is 0.857. The van der Waals surface area contributed by atoms with Gasteiger partial charge in [-0.1, -0.05) is 31.9 Å². The van der Waals surface area contributed by atoms with Crippen LogP contribution >= 0.6 is 0 Å². The molecule has 0 heterocycles. The van der Waals surface area contributed by atoms with Gasteiger partial charge in [-0.2, -0.15) is 0 Å². The zero-order valence-electron chi connectivity index (χ0n) is 10.3. The lowest BCUT2D eigenvalue weighted by atomic mass is 9.58. The normalized spacial score (nSPS) is 46.7. The van der Waals surface area contributed by atoms with Gasteiger partial charge < -0.3 is 5.73 Å². The third kappa shape index (κ3) is 2.13. The Kier molecular flexibility index (Phi) is 2.94. The van der Waals surface area contributed by atoms with Crippen molar-refractivity contribution in [3.05, 3.63) is 12.2 Å². The first kappa shape index (κ1) is 11.2. The molecule has 15 heavy (non-hydrogen) atoms. The van der Waals surface area contributed by atoms with Crippen molar-refractivity contribution in [1.29, 1.82) is 0 Å². The second-order valence-corrected chi connectivity index (χ2v) is 6.17. The molecule has 0 saturated heterocycles. The SMILES string of the molecule is CC1(N)CCCCC1C1(C)CC=CCC1. The smallest absolute Gasteiger partial charge is 0.0159 e. The van der Waals surface area contributed by atoms with E-state index in [2.05, 4.69) is 26.0 Å². The predicted octanol–water partition coefficient (Wildman–Crippen LogP) is 3.64. The number of rotatable bonds is 1. The molecular formula is C14H25N. The Bertz CT molecular complexity index is 254. The molecule has 2 aliphatic carbocycles. The van der Waals surface area contributed by atoms with Gasteiger partial charge in [0.1, 0.15) is 0 Å². The van der Waals surface area contributed by atoms with Gasteiger partial charge in [0.15, 0.2) is 0 Å². The van der Waals surface area contributed by atoms with Gasteiger partial charge >= 0.3 is 0 Å². The van der Waals surface area contributed by atoms with E-state index in [4.69, 9.17) is 5.73 Å². The average molecular weight is 207 g/mol. The second kappa shape index (κ2) is 3.93. The topological polar surface area (TPSA) is 26.0 Å². The summed E-state index contributed by atoms with van der Waals surface area (Å²) in [7, 11) is 0. The Morgan fingerprint density at radius 1 is 1.13 bits per heavy atom. The fourth-order valence-electron chi connectivity index (χ4n) is 3.80. The maximum absolute atomic E-state index is 6.51. The minimum absolute atomic E-state index is 0.0815. The summed E-state index contributed by atoms with van der Waals surface area (Å²) in [4.78, 5) is 0. The lowest BCUT2D eigenvalue weighted by Gasteiger charge is -2.50. The number of hydrogen-bond donors (Lipinski definition) is 1. The Morgan fingerprint density at radius 3 is 2.53 bits per heavy atom. The maximum atomic E-state index is 6.51. The summed E-state index contributed by atoms with van der Waals surface area (Å²) < 4.78 is 0. The summed E-state index contributed by atoms with van der Waals surface area (Å²) in [5.74, 6) is 0.726. The van der Waals surface area contributed by atoms with Crippen molar-refractivity contribution in [2.24, 2.45) is 17.1 Å². The van der Waals surface area contributed by atoms with Crippen LogP contribution in [-0.2, 0) is 0 Å². The zero-order valence-corrected chi connectivity index (χ0v) is 10.3. The Hall–Kier alpha value is -0.300. The third-order valence-corrected chi connectivity index (χ3v) is 4.73. The minimum Gasteiger partial charge on any atom is -0.325 e. The van der Waals surface area contributed by atoms with E-state index in [-0.39, 0.29) is 5.54 Å². The van der Waals surface area contributed by atoms with Crippen LogP contribution in [0.3, 0.4) is 0 Å². The summed E-state index contributed by atoms with van der Waals surface area (Å²) >= 11 is 0. The van der Waals surface area contributed by atoms with Gasteiger partial charge in [0.2, 0.25) is 0 Å². The zero-order chi connectivity index (χ0) is 10.9. The van der Waals surface area contributed by atoms with Crippen molar-refractivity contribution < 1.29 is 0 Å². The summed E-state index contributed by atoms with van der Waals surface area (Å²) in [5, 5.41) is 0. The summed E-state index contributed by atoms with van der Waals surface area (Å²) in [6, 6.07) is 0. The van der Waals surface area contributed by atoms with Crippen molar-refractivity contribution in [2.75, 3.05) is 0 Å². The molecule has 0 aliphatic heterocycles. The second-order valence-electron chi connectivity index (χ2n) is 6.17. The molecule has 3 atom stereocenters. The molecular weight excluding hydrogens is 182 g/mol. The highest BCUT2D eigenvalue weighted by Crippen LogP contribution is 2.49. The number of allylic oxidation sites excluding steroid dienone is 2. The van der Waals surface area contributed by atoms with Crippen LogP contribution < -0.4 is 5.73 Å². The third-order valence-electron chi connectivity index (χ3n) is 4.73. The highest BCUT2D eigenvalue weighted by Gasteiger charge is 2.44. The van der Waals surface area contributed by atoms with Crippen LogP contribution in [0.5, 0.6) is 0 Å². The molecule has 0 radical (unpaired) electrons. The molecule has 0 aromatic heterocycles. The Labute approximate surface area is 94.1 Å². The van der Waals surface area contributed by atoms with E-state index in [1.807, 2.05) is 0 Å². The molecule has 0 bridgehead atoms. The molecule has 2 rings (SSSR count). The first-order chi connectivity index (χ1) is 7.05.